The Morgan fingerprint density at radius 1 is 1.06 bits per heavy atom. The first kappa shape index (κ1) is 35.0. The minimum atomic E-state index is -1.30. The zero-order chi connectivity index (χ0) is 35.6. The molecule has 0 unspecified atom stereocenters. The summed E-state index contributed by atoms with van der Waals surface area (Å²) >= 11 is 0. The normalized spacial score (nSPS) is 25.4. The first-order chi connectivity index (χ1) is 24.1. The van der Waals surface area contributed by atoms with Gasteiger partial charge in [0.05, 0.1) is 36.6 Å². The molecule has 3 aliphatic heterocycles. The second-order valence-electron chi connectivity index (χ2n) is 13.6. The summed E-state index contributed by atoms with van der Waals surface area (Å²) in [5.41, 5.74) is 0.0263. The summed E-state index contributed by atoms with van der Waals surface area (Å²) in [4.78, 5) is 59.3. The van der Waals surface area contributed by atoms with Crippen LogP contribution < -0.4 is 10.2 Å². The van der Waals surface area contributed by atoms with Crippen molar-refractivity contribution in [2.75, 3.05) is 18.1 Å². The largest absolute Gasteiger partial charge is 0.455 e. The molecule has 10 nitrogen and oxygen atoms in total. The molecule has 0 saturated carbocycles. The van der Waals surface area contributed by atoms with E-state index in [4.69, 9.17) is 9.47 Å². The number of benzene rings is 3. The Bertz CT molecular complexity index is 1780. The standard InChI is InChI=1S/C40H45N3O7/c1-5-7-17-32(45)41-26(4)35(28-14-9-8-10-15-28)49-39(48)33-31-20-21-40(50-31)34(33)37(46)43(25(3)24-44)36(40)38(47)42(22-6-2)30-19-18-27-13-11-12-16-29(27)23-30/h5-6,8-16,18-19,23,25-26,31,33-36,44H,1-2,7,17,20-22,24H2,3-4H3,(H,41,45)/t25-,26+,31+,33-,34-,35+,36+,40-/m1/s1. The molecule has 262 valence electrons. The number of anilines is 1. The Kier molecular flexibility index (Phi) is 10.2. The van der Waals surface area contributed by atoms with Crippen molar-refractivity contribution < 1.29 is 33.8 Å². The second kappa shape index (κ2) is 14.6. The SMILES string of the molecule is C=CCCC(=O)N[C@@H](C)[C@H](OC(=O)[C@@H]1[C@@H]2CC[C@]3(O2)[C@H](C(=O)N(CC=C)c2ccc4ccccc4c2)N([C@H](C)CO)C(=O)[C@@H]13)c1ccccc1. The molecule has 3 saturated heterocycles. The maximum atomic E-state index is 14.8. The van der Waals surface area contributed by atoms with Gasteiger partial charge in [-0.05, 0) is 61.6 Å². The van der Waals surface area contributed by atoms with Gasteiger partial charge in [-0.1, -0.05) is 72.8 Å². The van der Waals surface area contributed by atoms with Crippen LogP contribution in [0.2, 0.25) is 0 Å². The topological polar surface area (TPSA) is 125 Å². The van der Waals surface area contributed by atoms with Crippen molar-refractivity contribution in [2.45, 2.75) is 75.5 Å². The molecule has 3 aromatic carbocycles. The molecule has 3 amide bonds. The van der Waals surface area contributed by atoms with Crippen molar-refractivity contribution in [2.24, 2.45) is 11.8 Å². The number of nitrogens with zero attached hydrogens (tertiary/aromatic N) is 2. The molecule has 6 rings (SSSR count). The maximum Gasteiger partial charge on any atom is 0.313 e. The third-order valence-electron chi connectivity index (χ3n) is 10.4. The van der Waals surface area contributed by atoms with E-state index in [2.05, 4.69) is 18.5 Å². The van der Waals surface area contributed by atoms with Crippen LogP contribution in [0.25, 0.3) is 10.8 Å². The highest BCUT2D eigenvalue weighted by atomic mass is 16.6. The van der Waals surface area contributed by atoms with Crippen LogP contribution in [0.1, 0.15) is 51.2 Å². The molecule has 2 N–H and O–H groups in total. The third kappa shape index (κ3) is 6.22. The molecule has 0 radical (unpaired) electrons. The number of esters is 1. The van der Waals surface area contributed by atoms with E-state index in [0.29, 0.717) is 30.5 Å². The summed E-state index contributed by atoms with van der Waals surface area (Å²) in [7, 11) is 0. The molecule has 1 spiro atoms. The Labute approximate surface area is 292 Å². The quantitative estimate of drug-likeness (QED) is 0.184. The number of likely N-dealkylation sites (tertiary alicyclic amines) is 1. The van der Waals surface area contributed by atoms with E-state index < -0.39 is 59.6 Å². The molecular weight excluding hydrogens is 634 g/mol. The first-order valence-electron chi connectivity index (χ1n) is 17.3. The first-order valence-corrected chi connectivity index (χ1v) is 17.3. The van der Waals surface area contributed by atoms with E-state index in [1.165, 1.54) is 4.90 Å². The Morgan fingerprint density at radius 2 is 1.78 bits per heavy atom. The second-order valence-corrected chi connectivity index (χ2v) is 13.6. The Morgan fingerprint density at radius 3 is 2.48 bits per heavy atom. The summed E-state index contributed by atoms with van der Waals surface area (Å²) in [5, 5.41) is 15.2. The summed E-state index contributed by atoms with van der Waals surface area (Å²) in [6.45, 7) is 10.8. The van der Waals surface area contributed by atoms with Crippen molar-refractivity contribution in [1.29, 1.82) is 0 Å². The van der Waals surface area contributed by atoms with Gasteiger partial charge in [-0.15, -0.1) is 13.2 Å². The highest BCUT2D eigenvalue weighted by Crippen LogP contribution is 2.59. The lowest BCUT2D eigenvalue weighted by Gasteiger charge is -2.38. The average molecular weight is 680 g/mol. The van der Waals surface area contributed by atoms with Gasteiger partial charge >= 0.3 is 5.97 Å². The molecular formula is C40H45N3O7. The summed E-state index contributed by atoms with van der Waals surface area (Å²) < 4.78 is 12.9. The monoisotopic (exact) mass is 679 g/mol. The van der Waals surface area contributed by atoms with Crippen LogP contribution >= 0.6 is 0 Å². The zero-order valence-corrected chi connectivity index (χ0v) is 28.6. The van der Waals surface area contributed by atoms with Crippen LogP contribution in [0.5, 0.6) is 0 Å². The number of amides is 3. The van der Waals surface area contributed by atoms with E-state index in [1.54, 1.807) is 30.9 Å². The van der Waals surface area contributed by atoms with Crippen molar-refractivity contribution in [3.8, 4) is 0 Å². The third-order valence-corrected chi connectivity index (χ3v) is 10.4. The lowest BCUT2D eigenvalue weighted by atomic mass is 9.70. The van der Waals surface area contributed by atoms with Gasteiger partial charge in [-0.3, -0.25) is 19.2 Å². The average Bonchev–Trinajstić information content (AvgIpc) is 3.78. The van der Waals surface area contributed by atoms with Crippen molar-refractivity contribution in [3.63, 3.8) is 0 Å². The number of hydrogen-bond donors (Lipinski definition) is 2. The van der Waals surface area contributed by atoms with Gasteiger partial charge < -0.3 is 29.7 Å². The van der Waals surface area contributed by atoms with Crippen LogP contribution in [0.4, 0.5) is 5.69 Å². The predicted octanol–water partition coefficient (Wildman–Crippen LogP) is 4.87. The van der Waals surface area contributed by atoms with Gasteiger partial charge in [0.2, 0.25) is 11.8 Å². The molecule has 0 aliphatic carbocycles. The molecule has 0 aromatic heterocycles. The van der Waals surface area contributed by atoms with E-state index in [9.17, 15) is 24.3 Å². The fourth-order valence-electron chi connectivity index (χ4n) is 8.08. The van der Waals surface area contributed by atoms with Gasteiger partial charge in [0.15, 0.2) is 0 Å². The van der Waals surface area contributed by atoms with Crippen LogP contribution in [0.15, 0.2) is 98.1 Å². The minimum absolute atomic E-state index is 0.175. The van der Waals surface area contributed by atoms with Gasteiger partial charge in [-0.25, -0.2) is 0 Å². The lowest BCUT2D eigenvalue weighted by molar-refractivity contribution is -0.162. The van der Waals surface area contributed by atoms with Gasteiger partial charge in [0.25, 0.3) is 5.91 Å². The van der Waals surface area contributed by atoms with Gasteiger partial charge in [-0.2, -0.15) is 0 Å². The number of allylic oxidation sites excluding steroid dienone is 1. The number of hydrogen-bond acceptors (Lipinski definition) is 7. The number of aliphatic hydroxyl groups excluding tert-OH is 1. The minimum Gasteiger partial charge on any atom is -0.455 e. The maximum absolute atomic E-state index is 14.8. The molecule has 3 heterocycles. The summed E-state index contributed by atoms with van der Waals surface area (Å²) in [6.07, 6.45) is 3.42. The number of aliphatic hydroxyl groups is 1. The number of fused-ring (bicyclic) bond motifs is 2. The molecule has 3 fully saturated rings. The number of carbonyl (C=O) groups excluding carboxylic acids is 4. The molecule has 50 heavy (non-hydrogen) atoms. The van der Waals surface area contributed by atoms with Crippen LogP contribution in [0, 0.1) is 11.8 Å². The molecule has 3 aliphatic rings. The van der Waals surface area contributed by atoms with Crippen LogP contribution in [-0.4, -0.2) is 76.7 Å². The lowest BCUT2D eigenvalue weighted by Crippen LogP contribution is -2.58. The van der Waals surface area contributed by atoms with E-state index in [1.807, 2.05) is 72.8 Å². The smallest absolute Gasteiger partial charge is 0.313 e. The van der Waals surface area contributed by atoms with E-state index in [-0.39, 0.29) is 31.4 Å². The van der Waals surface area contributed by atoms with Gasteiger partial charge in [0.1, 0.15) is 17.7 Å². The Balaban J connectivity index is 1.33. The number of ether oxygens (including phenoxy) is 2. The summed E-state index contributed by atoms with van der Waals surface area (Å²) in [5.74, 6) is -3.60. The molecule has 2 bridgehead atoms. The number of carbonyl (C=O) groups is 4. The zero-order valence-electron chi connectivity index (χ0n) is 28.6. The van der Waals surface area contributed by atoms with E-state index >= 15 is 0 Å². The number of rotatable bonds is 14. The van der Waals surface area contributed by atoms with Crippen LogP contribution in [0.3, 0.4) is 0 Å². The van der Waals surface area contributed by atoms with Gasteiger partial charge in [0, 0.05) is 18.7 Å². The fourth-order valence-corrected chi connectivity index (χ4v) is 8.08. The Hall–Kier alpha value is -4.80. The highest BCUT2D eigenvalue weighted by Gasteiger charge is 2.75. The molecule has 3 aromatic rings. The van der Waals surface area contributed by atoms with Crippen molar-refractivity contribution >= 4 is 40.2 Å². The fraction of sp³-hybridized carbons (Fsp3) is 0.400. The van der Waals surface area contributed by atoms with E-state index in [0.717, 1.165) is 10.8 Å². The molecule has 8 atom stereocenters. The number of nitrogens with one attached hydrogen (secondary N) is 1. The molecule has 10 heteroatoms. The van der Waals surface area contributed by atoms with Crippen LogP contribution in [-0.2, 0) is 28.7 Å². The predicted molar refractivity (Wildman–Crippen MR) is 190 cm³/mol. The van der Waals surface area contributed by atoms with Crippen molar-refractivity contribution in [1.82, 2.24) is 10.2 Å². The summed E-state index contributed by atoms with van der Waals surface area (Å²) in [6, 6.07) is 20.3. The van der Waals surface area contributed by atoms with Crippen molar-refractivity contribution in [3.05, 3.63) is 104 Å². The highest BCUT2D eigenvalue weighted by molar-refractivity contribution is 6.05.